The summed E-state index contributed by atoms with van der Waals surface area (Å²) in [6.07, 6.45) is 6.71. The molecule has 4 nitrogen and oxygen atoms in total. The Morgan fingerprint density at radius 1 is 1.30 bits per heavy atom. The number of carbonyl (C=O) groups excluding carboxylic acids is 1. The number of hydrogen-bond donors (Lipinski definition) is 1. The van der Waals surface area contributed by atoms with Crippen molar-refractivity contribution in [2.24, 2.45) is 0 Å². The lowest BCUT2D eigenvalue weighted by atomic mass is 10.1. The molecule has 27 heavy (non-hydrogen) atoms. The highest BCUT2D eigenvalue weighted by Gasteiger charge is 2.14. The van der Waals surface area contributed by atoms with Crippen LogP contribution in [0.4, 0.5) is 5.69 Å². The Bertz CT molecular complexity index is 985. The van der Waals surface area contributed by atoms with E-state index in [0.29, 0.717) is 22.0 Å². The maximum atomic E-state index is 12.4. The van der Waals surface area contributed by atoms with Crippen molar-refractivity contribution in [1.82, 2.24) is 0 Å². The first-order chi connectivity index (χ1) is 12.9. The van der Waals surface area contributed by atoms with E-state index in [4.69, 9.17) is 34.4 Å². The quantitative estimate of drug-likeness (QED) is 0.200. The molecule has 0 heterocycles. The first-order valence-corrected chi connectivity index (χ1v) is 10.2. The molecule has 0 aliphatic rings. The van der Waals surface area contributed by atoms with Gasteiger partial charge in [-0.25, -0.2) is 0 Å². The van der Waals surface area contributed by atoms with Gasteiger partial charge in [0.05, 0.1) is 22.9 Å². The third kappa shape index (κ3) is 5.76. The molecular weight excluding hydrogens is 613 g/mol. The van der Waals surface area contributed by atoms with Gasteiger partial charge in [0, 0.05) is 0 Å². The van der Waals surface area contributed by atoms with Crippen molar-refractivity contribution in [3.8, 4) is 24.2 Å². The molecular formula is C19H10Cl2I2N2O2. The number of nitriles is 1. The summed E-state index contributed by atoms with van der Waals surface area (Å²) in [6, 6.07) is 10.4. The zero-order valence-electron chi connectivity index (χ0n) is 13.5. The van der Waals surface area contributed by atoms with Crippen LogP contribution in [0.15, 0.2) is 35.9 Å². The number of nitrogens with zero attached hydrogens (tertiary/aromatic N) is 1. The normalized spacial score (nSPS) is 10.7. The van der Waals surface area contributed by atoms with E-state index in [1.54, 1.807) is 30.3 Å². The lowest BCUT2D eigenvalue weighted by molar-refractivity contribution is -0.112. The maximum Gasteiger partial charge on any atom is 0.266 e. The fourth-order valence-corrected chi connectivity index (χ4v) is 4.50. The molecule has 0 unspecified atom stereocenters. The molecule has 0 radical (unpaired) electrons. The van der Waals surface area contributed by atoms with Crippen molar-refractivity contribution in [2.75, 3.05) is 11.9 Å². The summed E-state index contributed by atoms with van der Waals surface area (Å²) in [4.78, 5) is 12.4. The number of nitrogens with one attached hydrogen (secondary N) is 1. The highest BCUT2D eigenvalue weighted by Crippen LogP contribution is 2.31. The number of benzene rings is 2. The minimum atomic E-state index is -0.584. The van der Waals surface area contributed by atoms with Crippen molar-refractivity contribution in [3.05, 3.63) is 58.7 Å². The van der Waals surface area contributed by atoms with Crippen LogP contribution in [-0.2, 0) is 4.79 Å². The third-order valence-corrected chi connectivity index (χ3v) is 5.62. The molecule has 0 aliphatic carbocycles. The van der Waals surface area contributed by atoms with E-state index in [9.17, 15) is 10.1 Å². The van der Waals surface area contributed by atoms with Crippen molar-refractivity contribution in [2.45, 2.75) is 0 Å². The summed E-state index contributed by atoms with van der Waals surface area (Å²) in [5, 5.41) is 12.5. The summed E-state index contributed by atoms with van der Waals surface area (Å²) >= 11 is 16.2. The zero-order chi connectivity index (χ0) is 20.0. The van der Waals surface area contributed by atoms with E-state index in [0.717, 1.165) is 7.14 Å². The first-order valence-electron chi connectivity index (χ1n) is 7.29. The minimum absolute atomic E-state index is 0.0741. The van der Waals surface area contributed by atoms with Gasteiger partial charge in [-0.2, -0.15) is 5.26 Å². The maximum absolute atomic E-state index is 12.4. The first kappa shape index (κ1) is 21.8. The lowest BCUT2D eigenvalue weighted by Gasteiger charge is -2.10. The average molecular weight is 623 g/mol. The zero-order valence-corrected chi connectivity index (χ0v) is 19.4. The Hall–Kier alpha value is -1.46. The SMILES string of the molecule is C#CCOc1c(I)cc(/C=C(/C#N)C(=O)Nc2cccc(Cl)c2Cl)cc1I. The number of ether oxygens (including phenoxy) is 1. The third-order valence-electron chi connectivity index (χ3n) is 3.20. The molecule has 2 aromatic rings. The molecule has 2 rings (SSSR count). The van der Waals surface area contributed by atoms with Gasteiger partial charge in [0.15, 0.2) is 0 Å². The fraction of sp³-hybridized carbons (Fsp3) is 0.0526. The molecule has 0 saturated heterocycles. The second kappa shape index (κ2) is 10.2. The molecule has 0 atom stereocenters. The van der Waals surface area contributed by atoms with E-state index in [2.05, 4.69) is 56.4 Å². The number of carbonyl (C=O) groups is 1. The van der Waals surface area contributed by atoms with Gasteiger partial charge in [-0.3, -0.25) is 4.79 Å². The van der Waals surface area contributed by atoms with Crippen LogP contribution in [0, 0.1) is 30.8 Å². The molecule has 0 spiro atoms. The van der Waals surface area contributed by atoms with Crippen LogP contribution in [0.2, 0.25) is 10.0 Å². The summed E-state index contributed by atoms with van der Waals surface area (Å²) in [5.41, 5.74) is 0.938. The van der Waals surface area contributed by atoms with Gasteiger partial charge in [0.1, 0.15) is 24.0 Å². The van der Waals surface area contributed by atoms with Gasteiger partial charge in [-0.15, -0.1) is 6.42 Å². The minimum Gasteiger partial charge on any atom is -0.479 e. The van der Waals surface area contributed by atoms with E-state index in [1.807, 2.05) is 6.07 Å². The number of hydrogen-bond acceptors (Lipinski definition) is 3. The molecule has 0 bridgehead atoms. The Labute approximate surface area is 194 Å². The van der Waals surface area contributed by atoms with Crippen molar-refractivity contribution >= 4 is 86.1 Å². The van der Waals surface area contributed by atoms with Crippen molar-refractivity contribution in [3.63, 3.8) is 0 Å². The highest BCUT2D eigenvalue weighted by molar-refractivity contribution is 14.1. The fourth-order valence-electron chi connectivity index (χ4n) is 2.02. The second-order valence-corrected chi connectivity index (χ2v) is 8.14. The summed E-state index contributed by atoms with van der Waals surface area (Å²) < 4.78 is 7.14. The highest BCUT2D eigenvalue weighted by atomic mass is 127. The molecule has 0 aromatic heterocycles. The number of halogens is 4. The smallest absolute Gasteiger partial charge is 0.266 e. The van der Waals surface area contributed by atoms with Crippen LogP contribution >= 0.6 is 68.4 Å². The largest absolute Gasteiger partial charge is 0.479 e. The summed E-state index contributed by atoms with van der Waals surface area (Å²) in [7, 11) is 0. The molecule has 0 aliphatic heterocycles. The van der Waals surface area contributed by atoms with Crippen LogP contribution < -0.4 is 10.1 Å². The van der Waals surface area contributed by atoms with Crippen LogP contribution in [0.1, 0.15) is 5.56 Å². The molecule has 1 amide bonds. The Morgan fingerprint density at radius 3 is 2.56 bits per heavy atom. The standard InChI is InChI=1S/C19H10Cl2I2N2O2/c1-2-6-27-18-14(22)8-11(9-15(18)23)7-12(10-24)19(26)25-16-5-3-4-13(20)17(16)21/h1,3-5,7-9H,6H2,(H,25,26)/b12-7-. The van der Waals surface area contributed by atoms with E-state index >= 15 is 0 Å². The van der Waals surface area contributed by atoms with Gasteiger partial charge in [-0.05, 0) is 81.1 Å². The van der Waals surface area contributed by atoms with E-state index in [-0.39, 0.29) is 17.2 Å². The van der Waals surface area contributed by atoms with Crippen LogP contribution in [0.25, 0.3) is 6.08 Å². The van der Waals surface area contributed by atoms with Crippen LogP contribution in [-0.4, -0.2) is 12.5 Å². The Morgan fingerprint density at radius 2 is 1.96 bits per heavy atom. The van der Waals surface area contributed by atoms with Gasteiger partial charge in [0.2, 0.25) is 0 Å². The van der Waals surface area contributed by atoms with Gasteiger partial charge < -0.3 is 10.1 Å². The number of rotatable bonds is 5. The lowest BCUT2D eigenvalue weighted by Crippen LogP contribution is -2.13. The van der Waals surface area contributed by atoms with Crippen molar-refractivity contribution in [1.29, 1.82) is 5.26 Å². The van der Waals surface area contributed by atoms with Crippen molar-refractivity contribution < 1.29 is 9.53 Å². The monoisotopic (exact) mass is 622 g/mol. The number of amides is 1. The molecule has 8 heteroatoms. The van der Waals surface area contributed by atoms with E-state index < -0.39 is 5.91 Å². The average Bonchev–Trinajstić information content (AvgIpc) is 2.62. The molecule has 0 fully saturated rings. The molecule has 1 N–H and O–H groups in total. The predicted octanol–water partition coefficient (Wildman–Crippen LogP) is 5.76. The Balaban J connectivity index is 2.30. The number of anilines is 1. The molecule has 2 aromatic carbocycles. The molecule has 0 saturated carbocycles. The van der Waals surface area contributed by atoms with Gasteiger partial charge >= 0.3 is 0 Å². The topological polar surface area (TPSA) is 62.1 Å². The Kier molecular flexibility index (Phi) is 8.24. The van der Waals surface area contributed by atoms with Gasteiger partial charge in [0.25, 0.3) is 5.91 Å². The van der Waals surface area contributed by atoms with Crippen LogP contribution in [0.3, 0.4) is 0 Å². The molecule has 136 valence electrons. The van der Waals surface area contributed by atoms with Gasteiger partial charge in [-0.1, -0.05) is 35.2 Å². The predicted molar refractivity (Wildman–Crippen MR) is 125 cm³/mol. The van der Waals surface area contributed by atoms with E-state index in [1.165, 1.54) is 6.08 Å². The van der Waals surface area contributed by atoms with Crippen LogP contribution in [0.5, 0.6) is 5.75 Å². The summed E-state index contributed by atoms with van der Waals surface area (Å²) in [6.45, 7) is 0.160. The second-order valence-electron chi connectivity index (χ2n) is 5.03. The number of terminal acetylenes is 1. The summed E-state index contributed by atoms with van der Waals surface area (Å²) in [5.74, 6) is 2.50.